The number of aryl methyl sites for hydroxylation is 10. The molecule has 6 aromatic carbocycles. The molecule has 447 valence electrons. The molecule has 1 radical (unpaired) electrons. The van der Waals surface area contributed by atoms with E-state index in [1.165, 1.54) is 114 Å². The normalized spacial score (nSPS) is 11.3. The van der Waals surface area contributed by atoms with Crippen molar-refractivity contribution in [1.29, 1.82) is 0 Å². The van der Waals surface area contributed by atoms with Gasteiger partial charge in [-0.25, -0.2) is 5.84 Å². The summed E-state index contributed by atoms with van der Waals surface area (Å²) in [5.41, 5.74) is 20.3. The van der Waals surface area contributed by atoms with E-state index in [1.807, 2.05) is 25.1 Å². The second kappa shape index (κ2) is 32.1. The third-order valence-corrected chi connectivity index (χ3v) is 15.7. The maximum atomic E-state index is 10.9. The first-order valence-corrected chi connectivity index (χ1v) is 30.1. The number of nitrogen functional groups attached to an aromatic ring is 1. The molecular weight excluding hydrogens is 1200 g/mol. The van der Waals surface area contributed by atoms with Gasteiger partial charge >= 0.3 is 0 Å². The molecule has 0 saturated carbocycles. The fraction of sp³-hybridized carbons (Fsp3) is 0.438. The number of nitrogens with two attached hydrogens (primary N) is 1. The first-order valence-electron chi connectivity index (χ1n) is 30.1. The van der Waals surface area contributed by atoms with Crippen molar-refractivity contribution in [2.75, 3.05) is 0 Å². The van der Waals surface area contributed by atoms with Crippen LogP contribution in [0.4, 0.5) is 0 Å². The fourth-order valence-electron chi connectivity index (χ4n) is 10.6. The molecule has 0 atom stereocenters. The minimum Gasteiger partial charge on any atom is -0.319 e. The van der Waals surface area contributed by atoms with E-state index in [0.29, 0.717) is 11.0 Å². The van der Waals surface area contributed by atoms with E-state index in [0.717, 1.165) is 58.5 Å². The van der Waals surface area contributed by atoms with Gasteiger partial charge in [0.2, 0.25) is 0 Å². The van der Waals surface area contributed by atoms with Gasteiger partial charge < -0.3 is 4.57 Å². The van der Waals surface area contributed by atoms with Crippen LogP contribution >= 0.6 is 0 Å². The molecule has 2 aromatic heterocycles. The average Bonchev–Trinajstić information content (AvgIpc) is 4.12. The van der Waals surface area contributed by atoms with E-state index in [2.05, 4.69) is 245 Å². The number of hydrogen-bond donors (Lipinski definition) is 2. The minimum absolute atomic E-state index is 0. The molecular formula is C73H99IrN8O-. The molecule has 0 fully saturated rings. The van der Waals surface area contributed by atoms with Crippen LogP contribution in [0, 0.1) is 73.8 Å². The first kappa shape index (κ1) is 69.2. The maximum Gasteiger partial charge on any atom is 0.265 e. The standard InChI is InChI=1S/C24H31N3.C24H30N3.C17H28.C8H10N2O.Ir/c2*1-7-8-14-24(5,6)23-26-25-22(20-11-9-10-17(2)16-20)27(23)21-13-12-18(3)15-19(21)4;1-6-7-11-17(4,5)12-10-16-9-8-14(2)13-15(16)3;1-6-3-2-4-7(5-6)8(11)10-9;/h9-13,15-16H,7-8,14H2,1-6H3;9-10,12-13,15-16H,7-8,14H2,1-6H3;8-9,13H,6-7,10-12H2,1-5H3;2-5H,9H2,1H3,(H,10,11);/q;-1;;;. The third kappa shape index (κ3) is 19.9. The summed E-state index contributed by atoms with van der Waals surface area (Å²) in [5.74, 6) is 8.55. The van der Waals surface area contributed by atoms with Gasteiger partial charge in [0.05, 0.1) is 11.5 Å². The summed E-state index contributed by atoms with van der Waals surface area (Å²) in [6, 6.07) is 45.3. The van der Waals surface area contributed by atoms with Crippen molar-refractivity contribution in [3.63, 3.8) is 0 Å². The van der Waals surface area contributed by atoms with E-state index in [-0.39, 0.29) is 36.8 Å². The van der Waals surface area contributed by atoms with Crippen molar-refractivity contribution >= 4 is 5.91 Å². The number of carbonyl (C=O) groups excluding carboxylic acids is 1. The van der Waals surface area contributed by atoms with E-state index < -0.39 is 0 Å². The van der Waals surface area contributed by atoms with Crippen molar-refractivity contribution in [1.82, 2.24) is 35.0 Å². The first-order chi connectivity index (χ1) is 38.8. The molecule has 3 N–H and O–H groups in total. The Morgan fingerprint density at radius 3 is 1.45 bits per heavy atom. The van der Waals surface area contributed by atoms with Gasteiger partial charge in [0.25, 0.3) is 5.91 Å². The van der Waals surface area contributed by atoms with Crippen LogP contribution in [0.15, 0.2) is 121 Å². The topological polar surface area (TPSA) is 117 Å². The Kier molecular flexibility index (Phi) is 26.7. The summed E-state index contributed by atoms with van der Waals surface area (Å²) in [4.78, 5) is 10.9. The molecule has 83 heavy (non-hydrogen) atoms. The summed E-state index contributed by atoms with van der Waals surface area (Å²) < 4.78 is 4.52. The molecule has 0 aliphatic rings. The number of aromatic nitrogens is 6. The molecule has 10 heteroatoms. The van der Waals surface area contributed by atoms with Crippen LogP contribution in [-0.4, -0.2) is 35.4 Å². The molecule has 0 unspecified atom stereocenters. The Bertz CT molecular complexity index is 3170. The zero-order chi connectivity index (χ0) is 60.4. The molecule has 8 aromatic rings. The van der Waals surface area contributed by atoms with Crippen molar-refractivity contribution in [2.24, 2.45) is 11.3 Å². The predicted octanol–water partition coefficient (Wildman–Crippen LogP) is 18.5. The average molecular weight is 1300 g/mol. The van der Waals surface area contributed by atoms with Gasteiger partial charge in [-0.2, -0.15) is 5.10 Å². The maximum absolute atomic E-state index is 10.9. The zero-order valence-corrected chi connectivity index (χ0v) is 56.2. The van der Waals surface area contributed by atoms with E-state index in [1.54, 1.807) is 12.1 Å². The molecule has 1 amide bonds. The smallest absolute Gasteiger partial charge is 0.265 e. The fourth-order valence-corrected chi connectivity index (χ4v) is 10.6. The minimum atomic E-state index is -0.256. The number of rotatable bonds is 19. The van der Waals surface area contributed by atoms with Crippen molar-refractivity contribution in [3.05, 3.63) is 200 Å². The Balaban J connectivity index is 0.000000249. The Morgan fingerprint density at radius 1 is 0.506 bits per heavy atom. The predicted molar refractivity (Wildman–Crippen MR) is 346 cm³/mol. The number of amides is 1. The largest absolute Gasteiger partial charge is 0.319 e. The van der Waals surface area contributed by atoms with Crippen molar-refractivity contribution < 1.29 is 24.9 Å². The third-order valence-electron chi connectivity index (χ3n) is 15.7. The number of hydrazine groups is 1. The second-order valence-electron chi connectivity index (χ2n) is 25.1. The molecule has 0 bridgehead atoms. The summed E-state index contributed by atoms with van der Waals surface area (Å²) in [5, 5.41) is 18.7. The van der Waals surface area contributed by atoms with Gasteiger partial charge in [0, 0.05) is 47.7 Å². The molecule has 2 heterocycles. The van der Waals surface area contributed by atoms with Gasteiger partial charge in [0.1, 0.15) is 11.6 Å². The Morgan fingerprint density at radius 2 is 0.964 bits per heavy atom. The monoisotopic (exact) mass is 1300 g/mol. The number of nitrogens with zero attached hydrogens (tertiary/aromatic N) is 6. The van der Waals surface area contributed by atoms with Crippen LogP contribution < -0.4 is 11.3 Å². The van der Waals surface area contributed by atoms with Crippen LogP contribution in [-0.2, 0) is 37.4 Å². The molecule has 0 aliphatic heterocycles. The number of unbranched alkanes of at least 4 members (excludes halogenated alkanes) is 3. The molecule has 0 aliphatic carbocycles. The summed E-state index contributed by atoms with van der Waals surface area (Å²) in [6.07, 6.45) is 13.5. The van der Waals surface area contributed by atoms with Crippen molar-refractivity contribution in [3.8, 4) is 34.2 Å². The summed E-state index contributed by atoms with van der Waals surface area (Å²) in [7, 11) is 0. The number of nitrogens with one attached hydrogen (secondary N) is 1. The number of carbonyl (C=O) groups is 1. The molecule has 0 spiro atoms. The van der Waals surface area contributed by atoms with Gasteiger partial charge in [-0.15, -0.1) is 50.7 Å². The zero-order valence-electron chi connectivity index (χ0n) is 53.8. The number of benzene rings is 6. The summed E-state index contributed by atoms with van der Waals surface area (Å²) >= 11 is 0. The van der Waals surface area contributed by atoms with Crippen LogP contribution in [0.5, 0.6) is 0 Å². The van der Waals surface area contributed by atoms with Gasteiger partial charge in [-0.3, -0.25) is 14.8 Å². The Labute approximate surface area is 514 Å². The van der Waals surface area contributed by atoms with Crippen LogP contribution in [0.25, 0.3) is 34.2 Å². The molecule has 8 rings (SSSR count). The second-order valence-corrected chi connectivity index (χ2v) is 25.1. The van der Waals surface area contributed by atoms with E-state index in [4.69, 9.17) is 10.9 Å². The van der Waals surface area contributed by atoms with Crippen LogP contribution in [0.3, 0.4) is 0 Å². The quantitative estimate of drug-likeness (QED) is 0.0361. The van der Waals surface area contributed by atoms with Gasteiger partial charge in [-0.05, 0) is 145 Å². The van der Waals surface area contributed by atoms with Crippen LogP contribution in [0.2, 0.25) is 0 Å². The van der Waals surface area contributed by atoms with E-state index >= 15 is 0 Å². The van der Waals surface area contributed by atoms with Crippen molar-refractivity contribution in [2.45, 2.75) is 206 Å². The van der Waals surface area contributed by atoms with Gasteiger partial charge in [0.15, 0.2) is 5.82 Å². The van der Waals surface area contributed by atoms with E-state index in [9.17, 15) is 4.79 Å². The summed E-state index contributed by atoms with van der Waals surface area (Å²) in [6.45, 7) is 39.8. The van der Waals surface area contributed by atoms with Crippen LogP contribution in [0.1, 0.15) is 204 Å². The number of hydrogen-bond acceptors (Lipinski definition) is 6. The molecule has 9 nitrogen and oxygen atoms in total. The Hall–Kier alpha value is -6.32. The van der Waals surface area contributed by atoms with Gasteiger partial charge in [-0.1, -0.05) is 208 Å². The molecule has 0 saturated heterocycles. The SMILES string of the molecule is CCCCC(C)(C)CCc1ccc(C)cc1C.CCCCC(C)(C)c1nnc(-c2[c-]ccc(C)c2)n1-c1ccc(C)cc1C.CCCCC(C)(C)c1nnc(-c2cccc(C)c2)n1-c1ccc(C)cc1C.Cc1cccc(C(=O)NN)c1.[Ir].